The normalized spacial score (nSPS) is 14.6. The van der Waals surface area contributed by atoms with E-state index in [0.717, 1.165) is 49.0 Å². The largest absolute Gasteiger partial charge is 0.485 e. The van der Waals surface area contributed by atoms with Crippen LogP contribution < -0.4 is 10.5 Å². The summed E-state index contributed by atoms with van der Waals surface area (Å²) in [5.41, 5.74) is 9.08. The third-order valence-corrected chi connectivity index (χ3v) is 6.05. The first kappa shape index (κ1) is 21.1. The van der Waals surface area contributed by atoms with Gasteiger partial charge in [-0.1, -0.05) is 17.7 Å². The molecule has 162 valence electrons. The van der Waals surface area contributed by atoms with Crippen LogP contribution in [0.3, 0.4) is 0 Å². The number of piperidine rings is 1. The molecule has 1 aliphatic rings. The molecule has 1 aromatic carbocycles. The molecular formula is C22H23ClFN5O2. The lowest BCUT2D eigenvalue weighted by Gasteiger charge is -2.29. The zero-order chi connectivity index (χ0) is 22.0. The van der Waals surface area contributed by atoms with Crippen LogP contribution in [-0.2, 0) is 11.4 Å². The number of amides is 1. The Morgan fingerprint density at radius 1 is 1.29 bits per heavy atom. The van der Waals surface area contributed by atoms with Crippen LogP contribution in [0.15, 0.2) is 36.8 Å². The highest BCUT2D eigenvalue weighted by Crippen LogP contribution is 2.31. The maximum Gasteiger partial charge on any atom is 0.209 e. The summed E-state index contributed by atoms with van der Waals surface area (Å²) in [5.74, 6) is 0.143. The van der Waals surface area contributed by atoms with Crippen molar-refractivity contribution in [2.24, 2.45) is 0 Å². The molecule has 1 aliphatic heterocycles. The summed E-state index contributed by atoms with van der Waals surface area (Å²) in [6, 6.07) is 5.03. The molecule has 0 saturated carbocycles. The number of anilines is 1. The molecule has 0 unspecified atom stereocenters. The zero-order valence-corrected chi connectivity index (χ0v) is 17.8. The SMILES string of the molecule is Cc1ccc(F)c(Cl)c1COc1cc(-c2cnn(C3CCN(C=O)CC3)c2)cnc1N. The number of ether oxygens (including phenoxy) is 1. The molecular weight excluding hydrogens is 421 g/mol. The van der Waals surface area contributed by atoms with E-state index in [4.69, 9.17) is 22.1 Å². The molecule has 0 spiro atoms. The number of rotatable bonds is 6. The van der Waals surface area contributed by atoms with E-state index in [0.29, 0.717) is 11.3 Å². The number of hydrogen-bond donors (Lipinski definition) is 1. The van der Waals surface area contributed by atoms with Gasteiger partial charge in [-0.25, -0.2) is 9.37 Å². The molecule has 3 heterocycles. The average molecular weight is 444 g/mol. The molecule has 31 heavy (non-hydrogen) atoms. The van der Waals surface area contributed by atoms with Crippen molar-refractivity contribution in [3.8, 4) is 16.9 Å². The molecule has 0 radical (unpaired) electrons. The molecule has 0 atom stereocenters. The van der Waals surface area contributed by atoms with E-state index in [-0.39, 0.29) is 23.5 Å². The lowest BCUT2D eigenvalue weighted by molar-refractivity contribution is -0.119. The predicted octanol–water partition coefficient (Wildman–Crippen LogP) is 4.00. The number of halogens is 2. The zero-order valence-electron chi connectivity index (χ0n) is 17.1. The van der Waals surface area contributed by atoms with Gasteiger partial charge >= 0.3 is 0 Å². The van der Waals surface area contributed by atoms with Crippen molar-refractivity contribution < 1.29 is 13.9 Å². The Kier molecular flexibility index (Phi) is 6.08. The second kappa shape index (κ2) is 8.93. The fourth-order valence-electron chi connectivity index (χ4n) is 3.69. The lowest BCUT2D eigenvalue weighted by atomic mass is 10.1. The van der Waals surface area contributed by atoms with Crippen molar-refractivity contribution in [2.45, 2.75) is 32.4 Å². The number of pyridine rings is 1. The summed E-state index contributed by atoms with van der Waals surface area (Å²) in [7, 11) is 0. The number of nitrogen functional groups attached to an aromatic ring is 1. The number of likely N-dealkylation sites (tertiary alicyclic amines) is 1. The Bertz CT molecular complexity index is 1100. The average Bonchev–Trinajstić information content (AvgIpc) is 3.28. The highest BCUT2D eigenvalue weighted by atomic mass is 35.5. The van der Waals surface area contributed by atoms with Gasteiger partial charge < -0.3 is 15.4 Å². The molecule has 0 bridgehead atoms. The minimum Gasteiger partial charge on any atom is -0.485 e. The highest BCUT2D eigenvalue weighted by molar-refractivity contribution is 6.31. The van der Waals surface area contributed by atoms with E-state index in [9.17, 15) is 9.18 Å². The van der Waals surface area contributed by atoms with Crippen LogP contribution in [-0.4, -0.2) is 39.2 Å². The number of nitrogens with zero attached hydrogens (tertiary/aromatic N) is 4. The Balaban J connectivity index is 1.50. The fraction of sp³-hybridized carbons (Fsp3) is 0.318. The van der Waals surface area contributed by atoms with Crippen LogP contribution in [0.25, 0.3) is 11.1 Å². The second-order valence-corrected chi connectivity index (χ2v) is 8.01. The van der Waals surface area contributed by atoms with Gasteiger partial charge in [0.2, 0.25) is 6.41 Å². The van der Waals surface area contributed by atoms with Crippen molar-refractivity contribution in [3.63, 3.8) is 0 Å². The van der Waals surface area contributed by atoms with E-state index >= 15 is 0 Å². The lowest BCUT2D eigenvalue weighted by Crippen LogP contribution is -2.33. The van der Waals surface area contributed by atoms with Gasteiger partial charge in [-0.15, -0.1) is 0 Å². The molecule has 1 saturated heterocycles. The molecule has 4 rings (SSSR count). The molecule has 1 amide bonds. The molecule has 7 nitrogen and oxygen atoms in total. The first-order chi connectivity index (χ1) is 15.0. The minimum atomic E-state index is -0.489. The van der Waals surface area contributed by atoms with E-state index in [1.807, 2.05) is 17.8 Å². The molecule has 3 aromatic rings. The first-order valence-electron chi connectivity index (χ1n) is 10.0. The van der Waals surface area contributed by atoms with Crippen LogP contribution in [0.2, 0.25) is 5.02 Å². The van der Waals surface area contributed by atoms with Gasteiger partial charge in [0.05, 0.1) is 17.3 Å². The summed E-state index contributed by atoms with van der Waals surface area (Å²) in [6.07, 6.45) is 8.02. The highest BCUT2D eigenvalue weighted by Gasteiger charge is 2.20. The number of carbonyl (C=O) groups is 1. The predicted molar refractivity (Wildman–Crippen MR) is 116 cm³/mol. The topological polar surface area (TPSA) is 86.3 Å². The van der Waals surface area contributed by atoms with Gasteiger partial charge in [-0.3, -0.25) is 9.48 Å². The van der Waals surface area contributed by atoms with Gasteiger partial charge in [-0.2, -0.15) is 5.10 Å². The molecule has 1 fully saturated rings. The number of nitrogens with two attached hydrogens (primary N) is 1. The maximum atomic E-state index is 13.8. The third kappa shape index (κ3) is 4.49. The van der Waals surface area contributed by atoms with Crippen molar-refractivity contribution in [3.05, 3.63) is 58.8 Å². The Labute approximate surface area is 184 Å². The van der Waals surface area contributed by atoms with E-state index in [1.54, 1.807) is 29.4 Å². The second-order valence-electron chi connectivity index (χ2n) is 7.63. The van der Waals surface area contributed by atoms with Crippen molar-refractivity contribution in [2.75, 3.05) is 18.8 Å². The maximum absolute atomic E-state index is 13.8. The number of aryl methyl sites for hydroxylation is 1. The summed E-state index contributed by atoms with van der Waals surface area (Å²) in [6.45, 7) is 3.38. The van der Waals surface area contributed by atoms with E-state index < -0.39 is 5.82 Å². The number of hydrogen-bond acceptors (Lipinski definition) is 5. The van der Waals surface area contributed by atoms with Gasteiger partial charge in [0, 0.05) is 42.2 Å². The third-order valence-electron chi connectivity index (χ3n) is 5.64. The Hall–Kier alpha value is -3.13. The van der Waals surface area contributed by atoms with Gasteiger partial charge in [0.15, 0.2) is 11.6 Å². The quantitative estimate of drug-likeness (QED) is 0.582. The van der Waals surface area contributed by atoms with Gasteiger partial charge in [0.25, 0.3) is 0 Å². The molecule has 2 aromatic heterocycles. The van der Waals surface area contributed by atoms with Crippen LogP contribution in [0, 0.1) is 12.7 Å². The van der Waals surface area contributed by atoms with E-state index in [2.05, 4.69) is 10.1 Å². The van der Waals surface area contributed by atoms with Gasteiger partial charge in [0.1, 0.15) is 12.4 Å². The molecule has 0 aliphatic carbocycles. The number of carbonyl (C=O) groups excluding carboxylic acids is 1. The Morgan fingerprint density at radius 3 is 2.81 bits per heavy atom. The summed E-state index contributed by atoms with van der Waals surface area (Å²) < 4.78 is 21.6. The van der Waals surface area contributed by atoms with Crippen LogP contribution in [0.1, 0.15) is 30.0 Å². The van der Waals surface area contributed by atoms with Crippen LogP contribution >= 0.6 is 11.6 Å². The molecule has 2 N–H and O–H groups in total. The molecule has 9 heteroatoms. The number of benzene rings is 1. The smallest absolute Gasteiger partial charge is 0.209 e. The summed E-state index contributed by atoms with van der Waals surface area (Å²) in [4.78, 5) is 16.9. The summed E-state index contributed by atoms with van der Waals surface area (Å²) in [5, 5.41) is 4.54. The van der Waals surface area contributed by atoms with Crippen molar-refractivity contribution >= 4 is 23.8 Å². The van der Waals surface area contributed by atoms with Gasteiger partial charge in [-0.05, 0) is 37.5 Å². The number of aromatic nitrogens is 3. The fourth-order valence-corrected chi connectivity index (χ4v) is 3.95. The van der Waals surface area contributed by atoms with Crippen LogP contribution in [0.4, 0.5) is 10.2 Å². The minimum absolute atomic E-state index is 0.0459. The first-order valence-corrected chi connectivity index (χ1v) is 10.4. The van der Waals surface area contributed by atoms with Crippen LogP contribution in [0.5, 0.6) is 5.75 Å². The monoisotopic (exact) mass is 443 g/mol. The summed E-state index contributed by atoms with van der Waals surface area (Å²) >= 11 is 6.09. The van der Waals surface area contributed by atoms with Crippen molar-refractivity contribution in [1.29, 1.82) is 0 Å². The standard InChI is InChI=1S/C22H23ClFN5O2/c1-14-2-3-19(24)21(23)18(14)12-31-20-8-15(9-26-22(20)25)16-10-27-29(11-16)17-4-6-28(13-30)7-5-17/h2-3,8-11,13,17H,4-7,12H2,1H3,(H2,25,26). The van der Waals surface area contributed by atoms with Crippen molar-refractivity contribution in [1.82, 2.24) is 19.7 Å². The van der Waals surface area contributed by atoms with E-state index in [1.165, 1.54) is 6.07 Å². The Morgan fingerprint density at radius 2 is 2.06 bits per heavy atom.